The number of benzene rings is 2. The van der Waals surface area contributed by atoms with Gasteiger partial charge in [0.2, 0.25) is 5.91 Å². The Hall–Kier alpha value is -2.80. The van der Waals surface area contributed by atoms with Crippen LogP contribution in [0.3, 0.4) is 0 Å². The normalized spacial score (nSPS) is 10.7. The Kier molecular flexibility index (Phi) is 8.32. The van der Waals surface area contributed by atoms with Crippen LogP contribution in [0.4, 0.5) is 0 Å². The van der Waals surface area contributed by atoms with Crippen LogP contribution in [0.15, 0.2) is 59.8 Å². The van der Waals surface area contributed by atoms with Gasteiger partial charge in [0.15, 0.2) is 11.0 Å². The summed E-state index contributed by atoms with van der Waals surface area (Å²) in [7, 11) is 0. The third kappa shape index (κ3) is 6.10. The maximum atomic E-state index is 12.2. The smallest absolute Gasteiger partial charge is 0.230 e. The van der Waals surface area contributed by atoms with Crippen LogP contribution in [-0.4, -0.2) is 33.0 Å². The second-order valence-electron chi connectivity index (χ2n) is 6.83. The molecule has 0 bridgehead atoms. The molecule has 0 saturated carbocycles. The van der Waals surface area contributed by atoms with Crippen LogP contribution in [0.1, 0.15) is 32.3 Å². The minimum absolute atomic E-state index is 0.0235. The van der Waals surface area contributed by atoms with E-state index in [1.807, 2.05) is 59.2 Å². The molecule has 0 aliphatic carbocycles. The van der Waals surface area contributed by atoms with Gasteiger partial charge in [-0.2, -0.15) is 0 Å². The standard InChI is InChI=1S/C23H28N4O2S/c1-3-5-15-29-20-13-11-19(12-14-20)22-25-26-23(27(22)4-2)30-17-21(28)24-16-18-9-7-6-8-10-18/h6-14H,3-5,15-17H2,1-2H3,(H,24,28). The Morgan fingerprint density at radius 2 is 1.83 bits per heavy atom. The fourth-order valence-corrected chi connectivity index (χ4v) is 3.74. The van der Waals surface area contributed by atoms with Gasteiger partial charge in [0.25, 0.3) is 0 Å². The second-order valence-corrected chi connectivity index (χ2v) is 7.77. The van der Waals surface area contributed by atoms with Crippen molar-refractivity contribution in [2.75, 3.05) is 12.4 Å². The number of aromatic nitrogens is 3. The minimum atomic E-state index is -0.0235. The zero-order chi connectivity index (χ0) is 21.2. The maximum absolute atomic E-state index is 12.2. The van der Waals surface area contributed by atoms with Gasteiger partial charge in [-0.25, -0.2) is 0 Å². The predicted molar refractivity (Wildman–Crippen MR) is 121 cm³/mol. The molecule has 0 aliphatic heterocycles. The zero-order valence-electron chi connectivity index (χ0n) is 17.5. The number of nitrogens with zero attached hydrogens (tertiary/aromatic N) is 3. The van der Waals surface area contributed by atoms with Gasteiger partial charge in [-0.15, -0.1) is 10.2 Å². The average Bonchev–Trinajstić information content (AvgIpc) is 3.20. The van der Waals surface area contributed by atoms with Gasteiger partial charge in [-0.1, -0.05) is 55.4 Å². The van der Waals surface area contributed by atoms with Gasteiger partial charge in [0.05, 0.1) is 12.4 Å². The quantitative estimate of drug-likeness (QED) is 0.361. The van der Waals surface area contributed by atoms with Crippen molar-refractivity contribution < 1.29 is 9.53 Å². The summed E-state index contributed by atoms with van der Waals surface area (Å²) < 4.78 is 7.76. The van der Waals surface area contributed by atoms with Crippen molar-refractivity contribution in [2.24, 2.45) is 0 Å². The molecule has 0 unspecified atom stereocenters. The molecule has 30 heavy (non-hydrogen) atoms. The van der Waals surface area contributed by atoms with Gasteiger partial charge in [-0.05, 0) is 43.2 Å². The highest BCUT2D eigenvalue weighted by atomic mass is 32.2. The summed E-state index contributed by atoms with van der Waals surface area (Å²) in [5.41, 5.74) is 2.06. The number of hydrogen-bond acceptors (Lipinski definition) is 5. The van der Waals surface area contributed by atoms with Gasteiger partial charge < -0.3 is 14.6 Å². The van der Waals surface area contributed by atoms with E-state index in [4.69, 9.17) is 4.74 Å². The number of carbonyl (C=O) groups is 1. The molecule has 1 N–H and O–H groups in total. The van der Waals surface area contributed by atoms with Crippen LogP contribution in [0.2, 0.25) is 0 Å². The summed E-state index contributed by atoms with van der Waals surface area (Å²) in [6, 6.07) is 17.8. The minimum Gasteiger partial charge on any atom is -0.494 e. The molecule has 0 radical (unpaired) electrons. The van der Waals surface area contributed by atoms with Crippen molar-refractivity contribution in [3.63, 3.8) is 0 Å². The van der Waals surface area contributed by atoms with E-state index >= 15 is 0 Å². The Morgan fingerprint density at radius 3 is 2.53 bits per heavy atom. The Labute approximate surface area is 182 Å². The van der Waals surface area contributed by atoms with Crippen LogP contribution in [0, 0.1) is 0 Å². The first-order valence-electron chi connectivity index (χ1n) is 10.3. The van der Waals surface area contributed by atoms with Crippen molar-refractivity contribution in [3.8, 4) is 17.1 Å². The van der Waals surface area contributed by atoms with E-state index in [-0.39, 0.29) is 5.91 Å². The molecule has 6 nitrogen and oxygen atoms in total. The third-order valence-corrected chi connectivity index (χ3v) is 5.54. The van der Waals surface area contributed by atoms with E-state index in [9.17, 15) is 4.79 Å². The largest absolute Gasteiger partial charge is 0.494 e. The summed E-state index contributed by atoms with van der Waals surface area (Å²) in [5, 5.41) is 12.3. The first-order valence-corrected chi connectivity index (χ1v) is 11.3. The molecule has 7 heteroatoms. The van der Waals surface area contributed by atoms with E-state index in [2.05, 4.69) is 29.4 Å². The topological polar surface area (TPSA) is 69.0 Å². The van der Waals surface area contributed by atoms with Crippen LogP contribution in [0.25, 0.3) is 11.4 Å². The van der Waals surface area contributed by atoms with Crippen molar-refractivity contribution in [3.05, 3.63) is 60.2 Å². The summed E-state index contributed by atoms with van der Waals surface area (Å²) >= 11 is 1.40. The Bertz CT molecular complexity index is 926. The molecule has 158 valence electrons. The van der Waals surface area contributed by atoms with E-state index in [0.717, 1.165) is 53.9 Å². The number of hydrogen-bond donors (Lipinski definition) is 1. The maximum Gasteiger partial charge on any atom is 0.230 e. The molecule has 0 aliphatic rings. The summed E-state index contributed by atoms with van der Waals surface area (Å²) in [6.45, 7) is 6.18. The number of thioether (sulfide) groups is 1. The fourth-order valence-electron chi connectivity index (χ4n) is 2.91. The molecule has 0 spiro atoms. The Morgan fingerprint density at radius 1 is 1.07 bits per heavy atom. The first-order chi connectivity index (χ1) is 14.7. The lowest BCUT2D eigenvalue weighted by Crippen LogP contribution is -2.24. The van der Waals surface area contributed by atoms with Gasteiger partial charge in [-0.3, -0.25) is 4.79 Å². The molecule has 2 aromatic carbocycles. The lowest BCUT2D eigenvalue weighted by molar-refractivity contribution is -0.118. The molecule has 0 saturated heterocycles. The van der Waals surface area contributed by atoms with Gasteiger partial charge >= 0.3 is 0 Å². The van der Waals surface area contributed by atoms with Crippen molar-refractivity contribution in [1.29, 1.82) is 0 Å². The second kappa shape index (κ2) is 11.4. The fraction of sp³-hybridized carbons (Fsp3) is 0.348. The predicted octanol–water partition coefficient (Wildman–Crippen LogP) is 4.55. The molecule has 0 atom stereocenters. The number of nitrogens with one attached hydrogen (secondary N) is 1. The summed E-state index contributed by atoms with van der Waals surface area (Å²) in [5.74, 6) is 1.93. The molecule has 0 fully saturated rings. The summed E-state index contributed by atoms with van der Waals surface area (Å²) in [6.07, 6.45) is 2.16. The molecular formula is C23H28N4O2S. The van der Waals surface area contributed by atoms with Crippen molar-refractivity contribution in [2.45, 2.75) is 44.9 Å². The third-order valence-electron chi connectivity index (χ3n) is 4.58. The summed E-state index contributed by atoms with van der Waals surface area (Å²) in [4.78, 5) is 12.2. The molecule has 1 amide bonds. The highest BCUT2D eigenvalue weighted by Gasteiger charge is 2.14. The van der Waals surface area contributed by atoms with Crippen LogP contribution < -0.4 is 10.1 Å². The van der Waals surface area contributed by atoms with Crippen LogP contribution in [0.5, 0.6) is 5.75 Å². The SMILES string of the molecule is CCCCOc1ccc(-c2nnc(SCC(=O)NCc3ccccc3)n2CC)cc1. The first kappa shape index (κ1) is 21.9. The van der Waals surface area contributed by atoms with E-state index in [1.54, 1.807) is 0 Å². The molecule has 3 aromatic rings. The molecular weight excluding hydrogens is 396 g/mol. The van der Waals surface area contributed by atoms with Gasteiger partial charge in [0, 0.05) is 18.7 Å². The molecule has 3 rings (SSSR count). The zero-order valence-corrected chi connectivity index (χ0v) is 18.3. The monoisotopic (exact) mass is 424 g/mol. The molecule has 1 heterocycles. The number of rotatable bonds is 11. The number of ether oxygens (including phenoxy) is 1. The highest BCUT2D eigenvalue weighted by Crippen LogP contribution is 2.25. The number of amides is 1. The van der Waals surface area contributed by atoms with E-state index < -0.39 is 0 Å². The lowest BCUT2D eigenvalue weighted by atomic mass is 10.2. The van der Waals surface area contributed by atoms with Crippen LogP contribution in [-0.2, 0) is 17.9 Å². The molecule has 1 aromatic heterocycles. The van der Waals surface area contributed by atoms with Crippen molar-refractivity contribution in [1.82, 2.24) is 20.1 Å². The number of unbranched alkanes of at least 4 members (excludes halogenated alkanes) is 1. The van der Waals surface area contributed by atoms with E-state index in [1.165, 1.54) is 11.8 Å². The lowest BCUT2D eigenvalue weighted by Gasteiger charge is -2.09. The van der Waals surface area contributed by atoms with Gasteiger partial charge in [0.1, 0.15) is 5.75 Å². The van der Waals surface area contributed by atoms with E-state index in [0.29, 0.717) is 12.3 Å². The average molecular weight is 425 g/mol. The van der Waals surface area contributed by atoms with Crippen molar-refractivity contribution >= 4 is 17.7 Å². The van der Waals surface area contributed by atoms with Crippen LogP contribution >= 0.6 is 11.8 Å². The Balaban J connectivity index is 1.57. The highest BCUT2D eigenvalue weighted by molar-refractivity contribution is 7.99. The number of carbonyl (C=O) groups excluding carboxylic acids is 1.